The second-order valence-corrected chi connectivity index (χ2v) is 5.08. The fourth-order valence-electron chi connectivity index (χ4n) is 1.49. The van der Waals surface area contributed by atoms with Crippen LogP contribution in [0.2, 0.25) is 10.0 Å². The van der Waals surface area contributed by atoms with Crippen molar-refractivity contribution in [2.24, 2.45) is 5.73 Å². The zero-order chi connectivity index (χ0) is 13.7. The molecule has 0 fully saturated rings. The van der Waals surface area contributed by atoms with Gasteiger partial charge in [0.05, 0.1) is 26.6 Å². The van der Waals surface area contributed by atoms with Gasteiger partial charge in [0.25, 0.3) is 5.91 Å². The van der Waals surface area contributed by atoms with Crippen LogP contribution >= 0.6 is 35.4 Å². The van der Waals surface area contributed by atoms with E-state index in [0.717, 1.165) is 6.42 Å². The fourth-order valence-corrected chi connectivity index (χ4v) is 2.05. The molecule has 0 aliphatic heterocycles. The summed E-state index contributed by atoms with van der Waals surface area (Å²) in [5.41, 5.74) is 5.90. The van der Waals surface area contributed by atoms with Gasteiger partial charge in [-0.05, 0) is 18.6 Å². The van der Waals surface area contributed by atoms with Crippen LogP contribution in [0.25, 0.3) is 0 Å². The number of nitrogens with two attached hydrogens (primary N) is 1. The molecule has 1 rings (SSSR count). The third-order valence-corrected chi connectivity index (χ3v) is 3.53. The maximum absolute atomic E-state index is 12.0. The maximum atomic E-state index is 12.0. The predicted molar refractivity (Wildman–Crippen MR) is 79.4 cm³/mol. The molecule has 1 amide bonds. The Hall–Kier alpha value is -0.840. The molecular formula is C12H14Cl2N2OS. The van der Waals surface area contributed by atoms with Crippen molar-refractivity contribution < 1.29 is 4.79 Å². The topological polar surface area (TPSA) is 55.1 Å². The highest BCUT2D eigenvalue weighted by Crippen LogP contribution is 2.25. The molecule has 6 heteroatoms. The summed E-state index contributed by atoms with van der Waals surface area (Å²) in [6.45, 7) is 1.99. The summed E-state index contributed by atoms with van der Waals surface area (Å²) in [6, 6.07) is 4.57. The van der Waals surface area contributed by atoms with E-state index in [-0.39, 0.29) is 22.0 Å². The molecule has 3 N–H and O–H groups in total. The number of benzene rings is 1. The van der Waals surface area contributed by atoms with E-state index in [2.05, 4.69) is 5.32 Å². The minimum Gasteiger partial charge on any atom is -0.392 e. The molecule has 0 aromatic heterocycles. The van der Waals surface area contributed by atoms with Crippen LogP contribution in [-0.4, -0.2) is 16.9 Å². The Labute approximate surface area is 122 Å². The highest BCUT2D eigenvalue weighted by molar-refractivity contribution is 7.80. The molecule has 0 bridgehead atoms. The van der Waals surface area contributed by atoms with Crippen LogP contribution in [0.3, 0.4) is 0 Å². The molecule has 1 unspecified atom stereocenters. The van der Waals surface area contributed by atoms with E-state index in [4.69, 9.17) is 41.2 Å². The average molecular weight is 305 g/mol. The molecule has 1 aromatic carbocycles. The molecule has 1 atom stereocenters. The molecule has 0 radical (unpaired) electrons. The Bertz CT molecular complexity index is 465. The lowest BCUT2D eigenvalue weighted by Crippen LogP contribution is -2.43. The Morgan fingerprint density at radius 1 is 1.50 bits per heavy atom. The van der Waals surface area contributed by atoms with Gasteiger partial charge in [-0.3, -0.25) is 4.79 Å². The zero-order valence-corrected chi connectivity index (χ0v) is 12.2. The number of carbonyl (C=O) groups is 1. The molecule has 0 aliphatic rings. The summed E-state index contributed by atoms with van der Waals surface area (Å²) in [5, 5.41) is 3.32. The number of hydrogen-bond donors (Lipinski definition) is 2. The lowest BCUT2D eigenvalue weighted by atomic mass is 10.1. The van der Waals surface area contributed by atoms with Gasteiger partial charge in [-0.25, -0.2) is 0 Å². The summed E-state index contributed by atoms with van der Waals surface area (Å²) in [7, 11) is 0. The van der Waals surface area contributed by atoms with Crippen LogP contribution in [0, 0.1) is 0 Å². The van der Waals surface area contributed by atoms with E-state index in [9.17, 15) is 4.79 Å². The van der Waals surface area contributed by atoms with E-state index in [1.54, 1.807) is 18.2 Å². The van der Waals surface area contributed by atoms with Crippen molar-refractivity contribution in [2.45, 2.75) is 25.8 Å². The van der Waals surface area contributed by atoms with Crippen LogP contribution in [0.1, 0.15) is 30.1 Å². The number of thiocarbonyl (C=S) groups is 1. The molecule has 98 valence electrons. The van der Waals surface area contributed by atoms with Crippen molar-refractivity contribution in [3.05, 3.63) is 33.8 Å². The van der Waals surface area contributed by atoms with Crippen LogP contribution in [-0.2, 0) is 0 Å². The SMILES string of the molecule is CCCC(NC(=O)c1cccc(Cl)c1Cl)C(N)=S. The van der Waals surface area contributed by atoms with E-state index < -0.39 is 0 Å². The second kappa shape index (κ2) is 6.92. The third-order valence-electron chi connectivity index (χ3n) is 2.42. The molecule has 0 aliphatic carbocycles. The number of carbonyl (C=O) groups excluding carboxylic acids is 1. The Morgan fingerprint density at radius 3 is 2.72 bits per heavy atom. The molecule has 0 saturated carbocycles. The highest BCUT2D eigenvalue weighted by Gasteiger charge is 2.18. The lowest BCUT2D eigenvalue weighted by Gasteiger charge is -2.17. The average Bonchev–Trinajstić information content (AvgIpc) is 2.31. The molecular weight excluding hydrogens is 291 g/mol. The van der Waals surface area contributed by atoms with Gasteiger partial charge in [0, 0.05) is 0 Å². The van der Waals surface area contributed by atoms with Crippen molar-refractivity contribution in [3.8, 4) is 0 Å². The summed E-state index contributed by atoms with van der Waals surface area (Å²) in [5.74, 6) is -0.325. The zero-order valence-electron chi connectivity index (χ0n) is 9.87. The van der Waals surface area contributed by atoms with Crippen LogP contribution in [0.5, 0.6) is 0 Å². The number of hydrogen-bond acceptors (Lipinski definition) is 2. The summed E-state index contributed by atoms with van der Waals surface area (Å²) < 4.78 is 0. The van der Waals surface area contributed by atoms with Gasteiger partial charge in [-0.2, -0.15) is 0 Å². The van der Waals surface area contributed by atoms with E-state index in [0.29, 0.717) is 17.0 Å². The van der Waals surface area contributed by atoms with E-state index >= 15 is 0 Å². The predicted octanol–water partition coefficient (Wildman–Crippen LogP) is 3.18. The summed E-state index contributed by atoms with van der Waals surface area (Å²) in [4.78, 5) is 12.3. The van der Waals surface area contributed by atoms with Gasteiger partial charge in [0.2, 0.25) is 0 Å². The normalized spacial score (nSPS) is 11.9. The smallest absolute Gasteiger partial charge is 0.253 e. The standard InChI is InChI=1S/C12H14Cl2N2OS/c1-2-4-9(11(15)18)16-12(17)7-5-3-6-8(13)10(7)14/h3,5-6,9H,2,4H2,1H3,(H2,15,18)(H,16,17). The van der Waals surface area contributed by atoms with Crippen molar-refractivity contribution in [1.82, 2.24) is 5.32 Å². The van der Waals surface area contributed by atoms with E-state index in [1.807, 2.05) is 6.92 Å². The number of rotatable bonds is 5. The number of halogens is 2. The number of nitrogens with one attached hydrogen (secondary N) is 1. The third kappa shape index (κ3) is 3.83. The first-order chi connectivity index (χ1) is 8.47. The first-order valence-electron chi connectivity index (χ1n) is 5.51. The first kappa shape index (κ1) is 15.2. The van der Waals surface area contributed by atoms with Gasteiger partial charge in [0.15, 0.2) is 0 Å². The fraction of sp³-hybridized carbons (Fsp3) is 0.333. The van der Waals surface area contributed by atoms with Crippen molar-refractivity contribution in [1.29, 1.82) is 0 Å². The Morgan fingerprint density at radius 2 is 2.17 bits per heavy atom. The lowest BCUT2D eigenvalue weighted by molar-refractivity contribution is 0.0946. The largest absolute Gasteiger partial charge is 0.392 e. The van der Waals surface area contributed by atoms with Crippen LogP contribution in [0.15, 0.2) is 18.2 Å². The number of amides is 1. The second-order valence-electron chi connectivity index (χ2n) is 3.82. The van der Waals surface area contributed by atoms with Crippen molar-refractivity contribution >= 4 is 46.3 Å². The minimum absolute atomic E-state index is 0.231. The minimum atomic E-state index is -0.326. The molecule has 18 heavy (non-hydrogen) atoms. The van der Waals surface area contributed by atoms with Crippen molar-refractivity contribution in [3.63, 3.8) is 0 Å². The maximum Gasteiger partial charge on any atom is 0.253 e. The summed E-state index contributed by atoms with van der Waals surface area (Å²) >= 11 is 16.7. The van der Waals surface area contributed by atoms with Gasteiger partial charge in [-0.1, -0.05) is 54.8 Å². The Balaban J connectivity index is 2.87. The van der Waals surface area contributed by atoms with Gasteiger partial charge in [-0.15, -0.1) is 0 Å². The highest BCUT2D eigenvalue weighted by atomic mass is 35.5. The molecule has 0 spiro atoms. The molecule has 0 heterocycles. The monoisotopic (exact) mass is 304 g/mol. The van der Waals surface area contributed by atoms with Crippen LogP contribution < -0.4 is 11.1 Å². The van der Waals surface area contributed by atoms with Crippen LogP contribution in [0.4, 0.5) is 0 Å². The quantitative estimate of drug-likeness (QED) is 0.822. The van der Waals surface area contributed by atoms with Gasteiger partial charge < -0.3 is 11.1 Å². The van der Waals surface area contributed by atoms with Crippen molar-refractivity contribution in [2.75, 3.05) is 0 Å². The van der Waals surface area contributed by atoms with E-state index in [1.165, 1.54) is 0 Å². The molecule has 1 aromatic rings. The summed E-state index contributed by atoms with van der Waals surface area (Å²) in [6.07, 6.45) is 1.56. The molecule has 0 saturated heterocycles. The van der Waals surface area contributed by atoms with Gasteiger partial charge >= 0.3 is 0 Å². The Kier molecular flexibility index (Phi) is 5.85. The molecule has 3 nitrogen and oxygen atoms in total. The van der Waals surface area contributed by atoms with Gasteiger partial charge in [0.1, 0.15) is 0 Å². The first-order valence-corrected chi connectivity index (χ1v) is 6.68.